The fraction of sp³-hybridized carbons (Fsp3) is 0.571. The van der Waals surface area contributed by atoms with Gasteiger partial charge < -0.3 is 5.32 Å². The van der Waals surface area contributed by atoms with E-state index in [4.69, 9.17) is 0 Å². The number of fused-ring (bicyclic) bond motifs is 1. The van der Waals surface area contributed by atoms with Gasteiger partial charge in [-0.2, -0.15) is 0 Å². The van der Waals surface area contributed by atoms with E-state index in [1.165, 1.54) is 21.7 Å². The lowest BCUT2D eigenvalue weighted by Gasteiger charge is -2.35. The first kappa shape index (κ1) is 11.8. The summed E-state index contributed by atoms with van der Waals surface area (Å²) in [5.74, 6) is 0. The first-order valence-corrected chi connectivity index (χ1v) is 6.77. The summed E-state index contributed by atoms with van der Waals surface area (Å²) < 4.78 is 0. The second kappa shape index (κ2) is 3.99. The Morgan fingerprint density at radius 3 is 2.56 bits per heavy atom. The molecule has 1 aliphatic rings. The van der Waals surface area contributed by atoms with Crippen LogP contribution in [0.5, 0.6) is 0 Å². The van der Waals surface area contributed by atoms with Crippen molar-refractivity contribution >= 4 is 17.4 Å². The van der Waals surface area contributed by atoms with Gasteiger partial charge in [-0.05, 0) is 36.5 Å². The van der Waals surface area contributed by atoms with Crippen LogP contribution in [0.15, 0.2) is 17.0 Å². The normalized spacial score (nSPS) is 20.2. The van der Waals surface area contributed by atoms with Gasteiger partial charge in [0.25, 0.3) is 0 Å². The molecule has 1 atom stereocenters. The summed E-state index contributed by atoms with van der Waals surface area (Å²) in [5, 5.41) is 4.25. The maximum atomic E-state index is 3.59. The molecule has 0 radical (unpaired) electrons. The van der Waals surface area contributed by atoms with Gasteiger partial charge in [0, 0.05) is 16.7 Å². The van der Waals surface area contributed by atoms with E-state index in [0.29, 0.717) is 10.7 Å². The van der Waals surface area contributed by atoms with Crippen molar-refractivity contribution in [2.24, 2.45) is 5.41 Å². The molecule has 88 valence electrons. The van der Waals surface area contributed by atoms with Crippen molar-refractivity contribution in [3.8, 4) is 0 Å². The van der Waals surface area contributed by atoms with Crippen LogP contribution in [0.2, 0.25) is 0 Å². The molecule has 0 amide bonds. The highest BCUT2D eigenvalue weighted by Crippen LogP contribution is 2.43. The van der Waals surface area contributed by atoms with Crippen LogP contribution < -0.4 is 5.32 Å². The van der Waals surface area contributed by atoms with E-state index in [1.807, 2.05) is 11.8 Å². The topological polar surface area (TPSA) is 12.0 Å². The van der Waals surface area contributed by atoms with Crippen LogP contribution in [0.3, 0.4) is 0 Å². The highest BCUT2D eigenvalue weighted by Gasteiger charge is 2.29. The molecule has 1 aromatic carbocycles. The molecule has 0 bridgehead atoms. The molecule has 0 spiro atoms. The van der Waals surface area contributed by atoms with Crippen LogP contribution in [0.4, 0.5) is 5.69 Å². The third kappa shape index (κ3) is 2.22. The number of aryl methyl sites for hydroxylation is 2. The number of anilines is 1. The van der Waals surface area contributed by atoms with E-state index in [2.05, 4.69) is 52.1 Å². The fourth-order valence-electron chi connectivity index (χ4n) is 2.12. The lowest BCUT2D eigenvalue weighted by atomic mass is 9.91. The molecule has 1 unspecified atom stereocenters. The Morgan fingerprint density at radius 2 is 1.94 bits per heavy atom. The van der Waals surface area contributed by atoms with Crippen molar-refractivity contribution in [1.29, 1.82) is 0 Å². The van der Waals surface area contributed by atoms with Crippen molar-refractivity contribution in [1.82, 2.24) is 0 Å². The molecule has 2 heteroatoms. The Hall–Kier alpha value is -0.630. The zero-order valence-electron chi connectivity index (χ0n) is 10.8. The average molecular weight is 235 g/mol. The van der Waals surface area contributed by atoms with Crippen molar-refractivity contribution in [2.75, 3.05) is 11.9 Å². The third-order valence-electron chi connectivity index (χ3n) is 3.14. The van der Waals surface area contributed by atoms with Gasteiger partial charge >= 0.3 is 0 Å². The zero-order valence-corrected chi connectivity index (χ0v) is 11.7. The summed E-state index contributed by atoms with van der Waals surface area (Å²) in [5.41, 5.74) is 4.43. The Balaban J connectivity index is 2.34. The molecule has 2 rings (SSSR count). The second-order valence-corrected chi connectivity index (χ2v) is 7.05. The quantitative estimate of drug-likeness (QED) is 0.722. The Labute approximate surface area is 103 Å². The van der Waals surface area contributed by atoms with Crippen LogP contribution in [0, 0.1) is 19.3 Å². The van der Waals surface area contributed by atoms with Crippen molar-refractivity contribution < 1.29 is 0 Å². The molecule has 0 fully saturated rings. The lowest BCUT2D eigenvalue weighted by molar-refractivity contribution is 0.401. The van der Waals surface area contributed by atoms with Crippen LogP contribution in [0.25, 0.3) is 0 Å². The van der Waals surface area contributed by atoms with Gasteiger partial charge in [0.05, 0.1) is 5.69 Å². The van der Waals surface area contributed by atoms with E-state index in [1.54, 1.807) is 0 Å². The molecule has 1 aliphatic heterocycles. The summed E-state index contributed by atoms with van der Waals surface area (Å²) in [6.07, 6.45) is 0. The van der Waals surface area contributed by atoms with Gasteiger partial charge in [-0.15, -0.1) is 11.8 Å². The van der Waals surface area contributed by atoms with Gasteiger partial charge in [0.1, 0.15) is 0 Å². The molecule has 0 aliphatic carbocycles. The van der Waals surface area contributed by atoms with Gasteiger partial charge in [-0.3, -0.25) is 0 Å². The van der Waals surface area contributed by atoms with Crippen molar-refractivity contribution in [2.45, 2.75) is 44.8 Å². The molecule has 0 aromatic heterocycles. The smallest absolute Gasteiger partial charge is 0.0508 e. The Morgan fingerprint density at radius 1 is 1.25 bits per heavy atom. The van der Waals surface area contributed by atoms with E-state index in [0.717, 1.165) is 6.54 Å². The minimum Gasteiger partial charge on any atom is -0.383 e. The summed E-state index contributed by atoms with van der Waals surface area (Å²) in [7, 11) is 0. The SMILES string of the molecule is Cc1cc(C)c2c(c1)SC(C(C)(C)C)CN2. The van der Waals surface area contributed by atoms with Gasteiger partial charge in [-0.25, -0.2) is 0 Å². The Kier molecular flexibility index (Phi) is 2.95. The maximum absolute atomic E-state index is 3.59. The predicted molar refractivity (Wildman–Crippen MR) is 73.5 cm³/mol. The second-order valence-electron chi connectivity index (χ2n) is 5.81. The van der Waals surface area contributed by atoms with Gasteiger partial charge in [-0.1, -0.05) is 26.8 Å². The standard InChI is InChI=1S/C14H21NS/c1-9-6-10(2)13-11(7-9)16-12(8-15-13)14(3,4)5/h6-7,12,15H,8H2,1-5H3. The number of benzene rings is 1. The third-order valence-corrected chi connectivity index (χ3v) is 4.88. The van der Waals surface area contributed by atoms with Gasteiger partial charge in [0.15, 0.2) is 0 Å². The summed E-state index contributed by atoms with van der Waals surface area (Å²) >= 11 is 2.03. The minimum atomic E-state index is 0.354. The maximum Gasteiger partial charge on any atom is 0.0508 e. The highest BCUT2D eigenvalue weighted by atomic mass is 32.2. The molecular formula is C14H21NS. The molecular weight excluding hydrogens is 214 g/mol. The molecule has 1 nitrogen and oxygen atoms in total. The molecule has 1 aromatic rings. The van der Waals surface area contributed by atoms with Crippen LogP contribution in [0.1, 0.15) is 31.9 Å². The van der Waals surface area contributed by atoms with E-state index < -0.39 is 0 Å². The summed E-state index contributed by atoms with van der Waals surface area (Å²) in [6, 6.07) is 4.56. The van der Waals surface area contributed by atoms with E-state index >= 15 is 0 Å². The van der Waals surface area contributed by atoms with Crippen LogP contribution in [-0.4, -0.2) is 11.8 Å². The first-order chi connectivity index (χ1) is 7.38. The van der Waals surface area contributed by atoms with Crippen LogP contribution in [-0.2, 0) is 0 Å². The van der Waals surface area contributed by atoms with E-state index in [-0.39, 0.29) is 0 Å². The summed E-state index contributed by atoms with van der Waals surface area (Å²) in [4.78, 5) is 1.42. The molecule has 1 N–H and O–H groups in total. The fourth-order valence-corrected chi connectivity index (χ4v) is 3.55. The zero-order chi connectivity index (χ0) is 11.9. The molecule has 1 heterocycles. The Bertz CT molecular complexity index is 404. The van der Waals surface area contributed by atoms with E-state index in [9.17, 15) is 0 Å². The largest absolute Gasteiger partial charge is 0.383 e. The monoisotopic (exact) mass is 235 g/mol. The number of nitrogens with one attached hydrogen (secondary N) is 1. The molecule has 16 heavy (non-hydrogen) atoms. The minimum absolute atomic E-state index is 0.354. The van der Waals surface area contributed by atoms with Crippen LogP contribution >= 0.6 is 11.8 Å². The first-order valence-electron chi connectivity index (χ1n) is 5.90. The number of rotatable bonds is 0. The number of hydrogen-bond acceptors (Lipinski definition) is 2. The average Bonchev–Trinajstić information content (AvgIpc) is 2.15. The van der Waals surface area contributed by atoms with Gasteiger partial charge in [0.2, 0.25) is 0 Å². The van der Waals surface area contributed by atoms with Crippen molar-refractivity contribution in [3.63, 3.8) is 0 Å². The number of hydrogen-bond donors (Lipinski definition) is 1. The lowest BCUT2D eigenvalue weighted by Crippen LogP contribution is -2.33. The summed E-state index contributed by atoms with van der Waals surface area (Å²) in [6.45, 7) is 12.4. The number of thioether (sulfide) groups is 1. The predicted octanol–water partition coefficient (Wildman–Crippen LogP) is 4.24. The molecule has 0 saturated carbocycles. The highest BCUT2D eigenvalue weighted by molar-refractivity contribution is 8.00. The van der Waals surface area contributed by atoms with Crippen molar-refractivity contribution in [3.05, 3.63) is 23.3 Å². The molecule has 0 saturated heterocycles.